The highest BCUT2D eigenvalue weighted by Crippen LogP contribution is 2.33. The molecule has 0 atom stereocenters. The highest BCUT2D eigenvalue weighted by Gasteiger charge is 2.27. The smallest absolute Gasteiger partial charge is 0.320 e. The van der Waals surface area contributed by atoms with E-state index >= 15 is 0 Å². The number of likely N-dealkylation sites (tertiary alicyclic amines) is 1. The summed E-state index contributed by atoms with van der Waals surface area (Å²) >= 11 is 1.76. The summed E-state index contributed by atoms with van der Waals surface area (Å²) in [5.41, 5.74) is 1.26. The maximum atomic E-state index is 12.7. The van der Waals surface area contributed by atoms with Crippen molar-refractivity contribution in [1.82, 2.24) is 14.7 Å². The minimum atomic E-state index is 0.151. The second-order valence-electron chi connectivity index (χ2n) is 7.32. The van der Waals surface area contributed by atoms with Gasteiger partial charge in [0.05, 0.1) is 19.8 Å². The number of rotatable bonds is 5. The summed E-state index contributed by atoms with van der Waals surface area (Å²) in [5.74, 6) is 0. The molecule has 3 aliphatic rings. The number of carbonyl (C=O) groups excluding carboxylic acids is 1. The molecule has 1 aromatic heterocycles. The second-order valence-corrected chi connectivity index (χ2v) is 8.42. The van der Waals surface area contributed by atoms with Gasteiger partial charge >= 0.3 is 6.03 Å². The van der Waals surface area contributed by atoms with Gasteiger partial charge in [0, 0.05) is 37.6 Å². The van der Waals surface area contributed by atoms with Crippen molar-refractivity contribution in [3.63, 3.8) is 0 Å². The third-order valence-electron chi connectivity index (χ3n) is 5.46. The van der Waals surface area contributed by atoms with Gasteiger partial charge in [-0.25, -0.2) is 4.79 Å². The molecule has 26 heavy (non-hydrogen) atoms. The van der Waals surface area contributed by atoms with Gasteiger partial charge in [0.25, 0.3) is 0 Å². The molecule has 4 heterocycles. The summed E-state index contributed by atoms with van der Waals surface area (Å²) in [6.45, 7) is 8.66. The predicted octanol–water partition coefficient (Wildman–Crippen LogP) is 2.42. The lowest BCUT2D eigenvalue weighted by Gasteiger charge is -2.34. The average molecular weight is 380 g/mol. The highest BCUT2D eigenvalue weighted by atomic mass is 32.1. The lowest BCUT2D eigenvalue weighted by Crippen LogP contribution is -2.49. The van der Waals surface area contributed by atoms with E-state index in [1.54, 1.807) is 11.3 Å². The van der Waals surface area contributed by atoms with Gasteiger partial charge in [0.1, 0.15) is 0 Å². The van der Waals surface area contributed by atoms with Gasteiger partial charge in [-0.2, -0.15) is 0 Å². The summed E-state index contributed by atoms with van der Waals surface area (Å²) in [4.78, 5) is 20.5. The third kappa shape index (κ3) is 4.32. The second kappa shape index (κ2) is 8.59. The third-order valence-corrected chi connectivity index (χ3v) is 6.61. The Balaban J connectivity index is 1.25. The molecule has 0 N–H and O–H groups in total. The lowest BCUT2D eigenvalue weighted by molar-refractivity contribution is 0.0422. The van der Waals surface area contributed by atoms with Crippen molar-refractivity contribution in [3.8, 4) is 5.06 Å². The monoisotopic (exact) mass is 379 g/mol. The van der Waals surface area contributed by atoms with Gasteiger partial charge in [-0.05, 0) is 50.4 Å². The van der Waals surface area contributed by atoms with E-state index in [0.717, 1.165) is 37.6 Å². The van der Waals surface area contributed by atoms with E-state index in [4.69, 9.17) is 9.47 Å². The Morgan fingerprint density at radius 3 is 2.73 bits per heavy atom. The zero-order valence-corrected chi connectivity index (χ0v) is 16.3. The fourth-order valence-electron chi connectivity index (χ4n) is 3.96. The van der Waals surface area contributed by atoms with Crippen LogP contribution in [0.2, 0.25) is 0 Å². The standard InChI is InChI=1S/C19H29N3O3S/c23-19(21-9-12-24-13-10-21)22-8-4-17-16(15-22)14-18(26-17)25-11-3-7-20-5-1-2-6-20/h14H,1-13,15H2. The Morgan fingerprint density at radius 2 is 1.92 bits per heavy atom. The summed E-state index contributed by atoms with van der Waals surface area (Å²) in [6, 6.07) is 2.30. The predicted molar refractivity (Wildman–Crippen MR) is 102 cm³/mol. The summed E-state index contributed by atoms with van der Waals surface area (Å²) < 4.78 is 11.3. The molecular formula is C19H29N3O3S. The van der Waals surface area contributed by atoms with Crippen molar-refractivity contribution in [2.75, 3.05) is 59.1 Å². The first-order chi connectivity index (χ1) is 12.8. The van der Waals surface area contributed by atoms with E-state index in [0.29, 0.717) is 32.8 Å². The van der Waals surface area contributed by atoms with Gasteiger partial charge in [0.2, 0.25) is 0 Å². The molecule has 0 aromatic carbocycles. The summed E-state index contributed by atoms with van der Waals surface area (Å²) in [5, 5.41) is 1.01. The van der Waals surface area contributed by atoms with E-state index in [1.165, 1.54) is 36.4 Å². The van der Waals surface area contributed by atoms with Gasteiger partial charge in [0.15, 0.2) is 5.06 Å². The molecule has 0 aliphatic carbocycles. The van der Waals surface area contributed by atoms with Crippen LogP contribution >= 0.6 is 11.3 Å². The van der Waals surface area contributed by atoms with E-state index < -0.39 is 0 Å². The maximum absolute atomic E-state index is 12.7. The van der Waals surface area contributed by atoms with Crippen LogP contribution in [0.3, 0.4) is 0 Å². The minimum Gasteiger partial charge on any atom is -0.484 e. The molecule has 0 radical (unpaired) electrons. The molecule has 2 amide bonds. The summed E-state index contributed by atoms with van der Waals surface area (Å²) in [6.07, 6.45) is 4.72. The Hall–Kier alpha value is -1.31. The molecule has 2 saturated heterocycles. The van der Waals surface area contributed by atoms with Crippen LogP contribution in [0.4, 0.5) is 4.79 Å². The van der Waals surface area contributed by atoms with Crippen LogP contribution in [-0.4, -0.2) is 79.8 Å². The molecule has 3 aliphatic heterocycles. The van der Waals surface area contributed by atoms with Crippen LogP contribution in [0.25, 0.3) is 0 Å². The topological polar surface area (TPSA) is 45.3 Å². The van der Waals surface area contributed by atoms with Crippen molar-refractivity contribution < 1.29 is 14.3 Å². The van der Waals surface area contributed by atoms with Gasteiger partial charge in [-0.1, -0.05) is 0 Å². The highest BCUT2D eigenvalue weighted by molar-refractivity contribution is 7.14. The Kier molecular flexibility index (Phi) is 5.97. The van der Waals surface area contributed by atoms with Gasteiger partial charge in [-0.3, -0.25) is 0 Å². The van der Waals surface area contributed by atoms with Crippen molar-refractivity contribution >= 4 is 17.4 Å². The van der Waals surface area contributed by atoms with Crippen LogP contribution in [0, 0.1) is 0 Å². The Morgan fingerprint density at radius 1 is 1.12 bits per heavy atom. The van der Waals surface area contributed by atoms with Crippen LogP contribution in [0.1, 0.15) is 29.7 Å². The number of thiophene rings is 1. The number of nitrogens with zero attached hydrogens (tertiary/aromatic N) is 3. The largest absolute Gasteiger partial charge is 0.484 e. The quantitative estimate of drug-likeness (QED) is 0.737. The Labute approximate surface area is 159 Å². The molecule has 6 nitrogen and oxygen atoms in total. The number of amides is 2. The zero-order valence-electron chi connectivity index (χ0n) is 15.5. The normalized spacial score (nSPS) is 21.1. The van der Waals surface area contributed by atoms with E-state index in [-0.39, 0.29) is 6.03 Å². The molecule has 0 saturated carbocycles. The molecule has 1 aromatic rings. The van der Waals surface area contributed by atoms with Crippen molar-refractivity contribution in [2.45, 2.75) is 32.2 Å². The molecule has 0 spiro atoms. The number of urea groups is 1. The molecular weight excluding hydrogens is 350 g/mol. The fourth-order valence-corrected chi connectivity index (χ4v) is 5.00. The van der Waals surface area contributed by atoms with Gasteiger partial charge in [-0.15, -0.1) is 11.3 Å². The van der Waals surface area contributed by atoms with E-state index in [1.807, 2.05) is 9.80 Å². The molecule has 2 fully saturated rings. The van der Waals surface area contributed by atoms with Crippen molar-refractivity contribution in [1.29, 1.82) is 0 Å². The summed E-state index contributed by atoms with van der Waals surface area (Å²) in [7, 11) is 0. The number of hydrogen-bond acceptors (Lipinski definition) is 5. The van der Waals surface area contributed by atoms with Crippen LogP contribution in [0.15, 0.2) is 6.07 Å². The number of fused-ring (bicyclic) bond motifs is 1. The number of hydrogen-bond donors (Lipinski definition) is 0. The number of morpholine rings is 1. The minimum absolute atomic E-state index is 0.151. The van der Waals surface area contributed by atoms with E-state index in [9.17, 15) is 4.79 Å². The molecule has 0 unspecified atom stereocenters. The van der Waals surface area contributed by atoms with E-state index in [2.05, 4.69) is 11.0 Å². The number of carbonyl (C=O) groups is 1. The van der Waals surface area contributed by atoms with Gasteiger partial charge < -0.3 is 24.2 Å². The van der Waals surface area contributed by atoms with Crippen molar-refractivity contribution in [2.24, 2.45) is 0 Å². The van der Waals surface area contributed by atoms with Crippen LogP contribution < -0.4 is 4.74 Å². The van der Waals surface area contributed by atoms with Crippen LogP contribution in [-0.2, 0) is 17.7 Å². The first-order valence-electron chi connectivity index (χ1n) is 9.88. The molecule has 4 rings (SSSR count). The fraction of sp³-hybridized carbons (Fsp3) is 0.737. The lowest BCUT2D eigenvalue weighted by atomic mass is 10.1. The number of ether oxygens (including phenoxy) is 2. The SMILES string of the molecule is O=C(N1CCOCC1)N1CCc2sc(OCCCN3CCCC3)cc2C1. The first kappa shape index (κ1) is 18.1. The molecule has 7 heteroatoms. The molecule has 144 valence electrons. The maximum Gasteiger partial charge on any atom is 0.320 e. The Bertz CT molecular complexity index is 609. The average Bonchev–Trinajstić information content (AvgIpc) is 3.34. The zero-order chi connectivity index (χ0) is 17.8. The van der Waals surface area contributed by atoms with Crippen LogP contribution in [0.5, 0.6) is 5.06 Å². The first-order valence-corrected chi connectivity index (χ1v) is 10.7. The molecule has 0 bridgehead atoms. The van der Waals surface area contributed by atoms with Crippen molar-refractivity contribution in [3.05, 3.63) is 16.5 Å².